The molecule has 1 aliphatic carbocycles. The van der Waals surface area contributed by atoms with Crippen LogP contribution < -0.4 is 0 Å². The topological polar surface area (TPSA) is 17.1 Å². The van der Waals surface area contributed by atoms with Crippen LogP contribution in [0.3, 0.4) is 0 Å². The summed E-state index contributed by atoms with van der Waals surface area (Å²) in [5, 5.41) is 14.6. The zero-order chi connectivity index (χ0) is 25.7. The van der Waals surface area contributed by atoms with Crippen LogP contribution in [0.25, 0.3) is 75.8 Å². The fourth-order valence-corrected chi connectivity index (χ4v) is 6.65. The van der Waals surface area contributed by atoms with E-state index in [1.165, 1.54) is 64.8 Å². The van der Waals surface area contributed by atoms with E-state index in [1.54, 1.807) is 0 Å². The Labute approximate surface area is 224 Å². The van der Waals surface area contributed by atoms with Gasteiger partial charge in [-0.15, -0.1) is 0 Å². The van der Waals surface area contributed by atoms with Crippen molar-refractivity contribution in [3.63, 3.8) is 0 Å². The minimum Gasteiger partial charge on any atom is -0.294 e. The number of carbonyl (C=O) groups is 1. The third-order valence-electron chi connectivity index (χ3n) is 8.62. The van der Waals surface area contributed by atoms with Crippen molar-refractivity contribution in [3.05, 3.63) is 132 Å². The number of rotatable bonds is 0. The van der Waals surface area contributed by atoms with Crippen molar-refractivity contribution < 1.29 is 4.79 Å². The average molecular weight is 495 g/mol. The molecule has 8 aromatic carbocycles. The van der Waals surface area contributed by atoms with Crippen molar-refractivity contribution in [2.45, 2.75) is 6.42 Å². The van der Waals surface area contributed by atoms with Crippen LogP contribution in [-0.2, 0) is 6.42 Å². The highest BCUT2D eigenvalue weighted by Crippen LogP contribution is 2.40. The summed E-state index contributed by atoms with van der Waals surface area (Å²) in [6.07, 6.45) is 0.442. The summed E-state index contributed by atoms with van der Waals surface area (Å²) >= 11 is 0. The Morgan fingerprint density at radius 1 is 0.333 bits per heavy atom. The van der Waals surface area contributed by atoms with E-state index in [-0.39, 0.29) is 5.78 Å². The molecule has 0 atom stereocenters. The number of carbonyl (C=O) groups excluding carboxylic acids is 1. The Bertz CT molecular complexity index is 2370. The fourth-order valence-electron chi connectivity index (χ4n) is 6.65. The molecule has 0 saturated carbocycles. The van der Waals surface area contributed by atoms with E-state index < -0.39 is 0 Å². The highest BCUT2D eigenvalue weighted by molar-refractivity contribution is 6.15. The van der Waals surface area contributed by atoms with E-state index in [4.69, 9.17) is 0 Å². The fraction of sp³-hybridized carbons (Fsp3) is 0.0263. The lowest BCUT2D eigenvalue weighted by atomic mass is 9.81. The van der Waals surface area contributed by atoms with E-state index >= 15 is 0 Å². The first-order valence-electron chi connectivity index (χ1n) is 13.5. The number of hydrogen-bond acceptors (Lipinski definition) is 1. The Kier molecular flexibility index (Phi) is 4.05. The summed E-state index contributed by atoms with van der Waals surface area (Å²) < 4.78 is 0. The first-order chi connectivity index (χ1) is 19.2. The predicted molar refractivity (Wildman–Crippen MR) is 165 cm³/mol. The summed E-state index contributed by atoms with van der Waals surface area (Å²) in [5.41, 5.74) is 4.18. The van der Waals surface area contributed by atoms with Gasteiger partial charge < -0.3 is 0 Å². The number of Topliss-reactive ketones (excluding diaryl/α,β-unsaturated/α-hetero) is 1. The molecule has 1 nitrogen and oxygen atoms in total. The second-order valence-corrected chi connectivity index (χ2v) is 11.0. The molecule has 0 aliphatic heterocycles. The van der Waals surface area contributed by atoms with Crippen molar-refractivity contribution >= 4 is 70.4 Å². The van der Waals surface area contributed by atoms with Gasteiger partial charge in [0.25, 0.3) is 0 Å². The molecule has 0 bridgehead atoms. The molecule has 0 aromatic heterocycles. The molecule has 9 rings (SSSR count). The molecule has 1 aliphatic rings. The van der Waals surface area contributed by atoms with E-state index in [1.807, 2.05) is 0 Å². The molecule has 0 heterocycles. The number of ketones is 1. The van der Waals surface area contributed by atoms with Crippen LogP contribution in [0.15, 0.2) is 121 Å². The minimum absolute atomic E-state index is 0.198. The molecule has 0 radical (unpaired) electrons. The van der Waals surface area contributed by atoms with Gasteiger partial charge in [-0.1, -0.05) is 54.6 Å². The van der Waals surface area contributed by atoms with Crippen molar-refractivity contribution in [2.24, 2.45) is 0 Å². The number of hydrogen-bond donors (Lipinski definition) is 0. The Hall–Kier alpha value is -5.01. The number of fused-ring (bicyclic) bond motifs is 9. The highest BCUT2D eigenvalue weighted by atomic mass is 16.1. The van der Waals surface area contributed by atoms with Gasteiger partial charge in [-0.25, -0.2) is 0 Å². The summed E-state index contributed by atoms with van der Waals surface area (Å²) in [5.74, 6) is 0.198. The molecule has 39 heavy (non-hydrogen) atoms. The standard InChI is InChI=1S/C38H22O/c39-38-21-34-17-30-13-26-9-22-5-1-2-6-23(22)10-27(26)14-31(30)18-35(34)36-19-32-15-28-11-24-7-3-4-8-25(24)12-29(28)16-33(32)20-37(36)38/h1-20H,21H2. The molecule has 8 aromatic rings. The van der Waals surface area contributed by atoms with E-state index in [0.717, 1.165) is 22.1 Å². The second-order valence-electron chi connectivity index (χ2n) is 11.0. The van der Waals surface area contributed by atoms with Crippen LogP contribution in [0, 0.1) is 0 Å². The molecular weight excluding hydrogens is 472 g/mol. The molecule has 180 valence electrons. The van der Waals surface area contributed by atoms with Gasteiger partial charge in [0.1, 0.15) is 0 Å². The maximum atomic E-state index is 13.4. The summed E-state index contributed by atoms with van der Waals surface area (Å²) in [4.78, 5) is 13.4. The third-order valence-corrected chi connectivity index (χ3v) is 8.62. The lowest BCUT2D eigenvalue weighted by Crippen LogP contribution is -2.12. The molecule has 0 fully saturated rings. The molecule has 0 amide bonds. The van der Waals surface area contributed by atoms with E-state index in [2.05, 4.69) is 121 Å². The lowest BCUT2D eigenvalue weighted by molar-refractivity contribution is 0.0992. The normalized spacial score (nSPS) is 13.1. The summed E-state index contributed by atoms with van der Waals surface area (Å²) in [6.45, 7) is 0. The zero-order valence-corrected chi connectivity index (χ0v) is 21.2. The molecule has 0 unspecified atom stereocenters. The third kappa shape index (κ3) is 3.11. The molecule has 1 heteroatoms. The maximum Gasteiger partial charge on any atom is 0.167 e. The lowest BCUT2D eigenvalue weighted by Gasteiger charge is -2.21. The van der Waals surface area contributed by atoms with Gasteiger partial charge >= 0.3 is 0 Å². The molecule has 0 N–H and O–H groups in total. The molecular formula is C38H22O. The Balaban J connectivity index is 1.28. The molecule has 0 spiro atoms. The smallest absolute Gasteiger partial charge is 0.167 e. The first kappa shape index (κ1) is 21.0. The minimum atomic E-state index is 0.198. The van der Waals surface area contributed by atoms with Gasteiger partial charge in [-0.3, -0.25) is 4.79 Å². The average Bonchev–Trinajstić information content (AvgIpc) is 2.95. The Morgan fingerprint density at radius 3 is 1.13 bits per heavy atom. The number of benzene rings is 8. The van der Waals surface area contributed by atoms with E-state index in [9.17, 15) is 4.79 Å². The largest absolute Gasteiger partial charge is 0.294 e. The van der Waals surface area contributed by atoms with Gasteiger partial charge in [0.2, 0.25) is 0 Å². The maximum absolute atomic E-state index is 13.4. The summed E-state index contributed by atoms with van der Waals surface area (Å²) in [7, 11) is 0. The zero-order valence-electron chi connectivity index (χ0n) is 21.2. The van der Waals surface area contributed by atoms with Gasteiger partial charge in [0.05, 0.1) is 0 Å². The van der Waals surface area contributed by atoms with Crippen LogP contribution in [-0.4, -0.2) is 5.78 Å². The van der Waals surface area contributed by atoms with Crippen molar-refractivity contribution in [3.8, 4) is 11.1 Å². The molecule has 0 saturated heterocycles. The highest BCUT2D eigenvalue weighted by Gasteiger charge is 2.24. The van der Waals surface area contributed by atoms with Crippen LogP contribution in [0.2, 0.25) is 0 Å². The Morgan fingerprint density at radius 2 is 0.667 bits per heavy atom. The van der Waals surface area contributed by atoms with Crippen LogP contribution in [0.4, 0.5) is 0 Å². The van der Waals surface area contributed by atoms with Crippen LogP contribution in [0.5, 0.6) is 0 Å². The van der Waals surface area contributed by atoms with Gasteiger partial charge in [0.15, 0.2) is 5.78 Å². The quantitative estimate of drug-likeness (QED) is 0.192. The second kappa shape index (κ2) is 7.52. The first-order valence-corrected chi connectivity index (χ1v) is 13.5. The van der Waals surface area contributed by atoms with Gasteiger partial charge in [-0.05, 0) is 148 Å². The van der Waals surface area contributed by atoms with Gasteiger partial charge in [0, 0.05) is 12.0 Å². The van der Waals surface area contributed by atoms with Crippen LogP contribution >= 0.6 is 0 Å². The summed E-state index contributed by atoms with van der Waals surface area (Å²) in [6, 6.07) is 44.0. The van der Waals surface area contributed by atoms with Crippen molar-refractivity contribution in [1.82, 2.24) is 0 Å². The van der Waals surface area contributed by atoms with Gasteiger partial charge in [-0.2, -0.15) is 0 Å². The monoisotopic (exact) mass is 494 g/mol. The van der Waals surface area contributed by atoms with E-state index in [0.29, 0.717) is 6.42 Å². The van der Waals surface area contributed by atoms with Crippen molar-refractivity contribution in [1.29, 1.82) is 0 Å². The predicted octanol–water partition coefficient (Wildman–Crippen LogP) is 10.0. The van der Waals surface area contributed by atoms with Crippen molar-refractivity contribution in [2.75, 3.05) is 0 Å². The van der Waals surface area contributed by atoms with Crippen LogP contribution in [0.1, 0.15) is 15.9 Å². The SMILES string of the molecule is O=C1Cc2cc3cc4cc5ccccc5cc4cc3cc2-c2cc3cc4cc5ccccc5cc4cc3cc21.